The second-order valence-corrected chi connectivity index (χ2v) is 12.3. The quantitative estimate of drug-likeness (QED) is 0.265. The molecule has 8 heteroatoms. The monoisotopic (exact) mass is 546 g/mol. The summed E-state index contributed by atoms with van der Waals surface area (Å²) in [6.07, 6.45) is 11.0. The molecule has 8 nitrogen and oxygen atoms in total. The number of nitrogen functional groups attached to an aromatic ring is 1. The summed E-state index contributed by atoms with van der Waals surface area (Å²) in [5.74, 6) is 2.02. The van der Waals surface area contributed by atoms with Gasteiger partial charge in [-0.3, -0.25) is 0 Å². The molecule has 1 saturated carbocycles. The van der Waals surface area contributed by atoms with Crippen LogP contribution in [0.25, 0.3) is 16.9 Å². The zero-order valence-corrected chi connectivity index (χ0v) is 23.5. The summed E-state index contributed by atoms with van der Waals surface area (Å²) in [5, 5.41) is 12.1. The number of anilines is 4. The van der Waals surface area contributed by atoms with Crippen LogP contribution in [0.5, 0.6) is 0 Å². The van der Waals surface area contributed by atoms with E-state index in [1.807, 2.05) is 0 Å². The Labute approximate surface area is 241 Å². The van der Waals surface area contributed by atoms with Crippen molar-refractivity contribution in [1.82, 2.24) is 25.1 Å². The van der Waals surface area contributed by atoms with E-state index >= 15 is 0 Å². The third-order valence-electron chi connectivity index (χ3n) is 9.70. The van der Waals surface area contributed by atoms with Gasteiger partial charge in [0.15, 0.2) is 5.82 Å². The molecule has 0 amide bonds. The van der Waals surface area contributed by atoms with Crippen molar-refractivity contribution in [2.75, 3.05) is 29.0 Å². The van der Waals surface area contributed by atoms with E-state index in [0.717, 1.165) is 56.3 Å². The number of pyridine rings is 1. The molecule has 3 aliphatic heterocycles. The highest BCUT2D eigenvalue weighted by atomic mass is 15.4. The zero-order chi connectivity index (χ0) is 27.3. The van der Waals surface area contributed by atoms with Crippen LogP contribution in [-0.2, 0) is 12.8 Å². The van der Waals surface area contributed by atoms with Gasteiger partial charge in [0.1, 0.15) is 0 Å². The molecule has 0 spiro atoms. The predicted octanol–water partition coefficient (Wildman–Crippen LogP) is 5.74. The zero-order valence-electron chi connectivity index (χ0n) is 23.5. The molecule has 41 heavy (non-hydrogen) atoms. The number of piperidine rings is 1. The van der Waals surface area contributed by atoms with Crippen LogP contribution in [0.2, 0.25) is 0 Å². The Kier molecular flexibility index (Phi) is 6.17. The fraction of sp³-hybridized carbons (Fsp3) is 0.424. The van der Waals surface area contributed by atoms with Crippen LogP contribution in [-0.4, -0.2) is 44.9 Å². The predicted molar refractivity (Wildman–Crippen MR) is 164 cm³/mol. The molecule has 2 bridgehead atoms. The number of hydrogen-bond donors (Lipinski definition) is 3. The van der Waals surface area contributed by atoms with E-state index in [-0.39, 0.29) is 0 Å². The first kappa shape index (κ1) is 24.9. The van der Waals surface area contributed by atoms with Crippen molar-refractivity contribution in [3.05, 3.63) is 71.4 Å². The molecule has 2 aliphatic carbocycles. The Hall–Kier alpha value is -3.91. The summed E-state index contributed by atoms with van der Waals surface area (Å²) in [4.78, 5) is 12.2. The normalized spacial score (nSPS) is 20.3. The van der Waals surface area contributed by atoms with Gasteiger partial charge in [0, 0.05) is 42.3 Å². The van der Waals surface area contributed by atoms with Crippen molar-refractivity contribution in [1.29, 1.82) is 0 Å². The highest BCUT2D eigenvalue weighted by molar-refractivity contribution is 5.83. The minimum atomic E-state index is 0.333. The average molecular weight is 547 g/mol. The minimum absolute atomic E-state index is 0.333. The molecule has 2 aromatic carbocycles. The minimum Gasteiger partial charge on any atom is -0.370 e. The van der Waals surface area contributed by atoms with E-state index in [9.17, 15) is 0 Å². The molecule has 1 unspecified atom stereocenters. The number of hydrogen-bond acceptors (Lipinski definition) is 7. The standard InChI is InChI=1S/C33H38N8/c34-32-38-33(36-27-14-10-21-9-12-26(13-11-24(21)19-27)35-25-7-4-8-25)39-41(32)29-20-28(22-5-2-1-3-6-22)31-30(37-29)23-15-17-40(31)18-16-23/h1-3,5-6,10,14,19-20,23,25-26,35H,4,7-9,11-13,15-18H2,(H3,34,36,38,39). The van der Waals surface area contributed by atoms with Gasteiger partial charge >= 0.3 is 0 Å². The number of aromatic nitrogens is 4. The molecule has 2 aromatic heterocycles. The Morgan fingerprint density at radius 2 is 1.59 bits per heavy atom. The molecule has 0 radical (unpaired) electrons. The maximum absolute atomic E-state index is 6.46. The largest absolute Gasteiger partial charge is 0.370 e. The van der Waals surface area contributed by atoms with Gasteiger partial charge in [-0.1, -0.05) is 42.8 Å². The maximum Gasteiger partial charge on any atom is 0.248 e. The van der Waals surface area contributed by atoms with Crippen LogP contribution in [0.3, 0.4) is 0 Å². The third-order valence-corrected chi connectivity index (χ3v) is 9.70. The fourth-order valence-electron chi connectivity index (χ4n) is 7.22. The molecule has 4 N–H and O–H groups in total. The molecule has 9 rings (SSSR count). The first-order chi connectivity index (χ1) is 20.2. The summed E-state index contributed by atoms with van der Waals surface area (Å²) in [6.45, 7) is 2.19. The Bertz CT molecular complexity index is 1570. The Morgan fingerprint density at radius 1 is 0.805 bits per heavy atom. The van der Waals surface area contributed by atoms with Gasteiger partial charge in [-0.2, -0.15) is 9.67 Å². The van der Waals surface area contributed by atoms with Gasteiger partial charge in [-0.15, -0.1) is 5.10 Å². The Morgan fingerprint density at radius 3 is 2.37 bits per heavy atom. The molecule has 1 atom stereocenters. The van der Waals surface area contributed by atoms with E-state index in [4.69, 9.17) is 15.8 Å². The van der Waals surface area contributed by atoms with Gasteiger partial charge in [0.25, 0.3) is 0 Å². The lowest BCUT2D eigenvalue weighted by Gasteiger charge is -2.42. The number of nitrogens with zero attached hydrogens (tertiary/aromatic N) is 5. The molecule has 5 heterocycles. The third kappa shape index (κ3) is 4.64. The van der Waals surface area contributed by atoms with E-state index in [0.29, 0.717) is 23.9 Å². The van der Waals surface area contributed by atoms with Crippen molar-refractivity contribution < 1.29 is 0 Å². The number of benzene rings is 2. The van der Waals surface area contributed by atoms with Gasteiger partial charge in [-0.25, -0.2) is 4.98 Å². The second-order valence-electron chi connectivity index (χ2n) is 12.3. The van der Waals surface area contributed by atoms with Crippen LogP contribution in [0.4, 0.5) is 23.3 Å². The van der Waals surface area contributed by atoms with Crippen molar-refractivity contribution in [2.45, 2.75) is 75.8 Å². The number of aryl methyl sites for hydroxylation is 2. The van der Waals surface area contributed by atoms with Crippen LogP contribution in [0, 0.1) is 0 Å². The first-order valence-electron chi connectivity index (χ1n) is 15.4. The van der Waals surface area contributed by atoms with E-state index in [1.54, 1.807) is 4.68 Å². The van der Waals surface area contributed by atoms with E-state index in [2.05, 4.69) is 75.1 Å². The molecule has 2 fully saturated rings. The summed E-state index contributed by atoms with van der Waals surface area (Å²) in [7, 11) is 0. The van der Waals surface area contributed by atoms with Crippen molar-refractivity contribution in [3.63, 3.8) is 0 Å². The smallest absolute Gasteiger partial charge is 0.248 e. The van der Waals surface area contributed by atoms with Crippen molar-refractivity contribution in [3.8, 4) is 16.9 Å². The highest BCUT2D eigenvalue weighted by Crippen LogP contribution is 2.46. The van der Waals surface area contributed by atoms with Crippen LogP contribution >= 0.6 is 0 Å². The topological polar surface area (TPSA) is 96.9 Å². The molecule has 5 aliphatic rings. The second kappa shape index (κ2) is 10.2. The van der Waals surface area contributed by atoms with Crippen LogP contribution in [0.1, 0.15) is 67.7 Å². The molecular formula is C33H38N8. The highest BCUT2D eigenvalue weighted by Gasteiger charge is 2.35. The van der Waals surface area contributed by atoms with Gasteiger partial charge in [0.2, 0.25) is 11.9 Å². The number of rotatable bonds is 6. The van der Waals surface area contributed by atoms with Gasteiger partial charge in [0.05, 0.1) is 11.4 Å². The molecule has 210 valence electrons. The van der Waals surface area contributed by atoms with Crippen molar-refractivity contribution in [2.24, 2.45) is 0 Å². The first-order valence-corrected chi connectivity index (χ1v) is 15.4. The van der Waals surface area contributed by atoms with Crippen LogP contribution < -0.4 is 21.3 Å². The average Bonchev–Trinajstić information content (AvgIpc) is 3.23. The lowest BCUT2D eigenvalue weighted by molar-refractivity contribution is 0.291. The lowest BCUT2D eigenvalue weighted by atomic mass is 9.84. The van der Waals surface area contributed by atoms with Gasteiger partial charge < -0.3 is 21.3 Å². The summed E-state index contributed by atoms with van der Waals surface area (Å²) >= 11 is 0. The Balaban J connectivity index is 1.07. The van der Waals surface area contributed by atoms with E-state index < -0.39 is 0 Å². The molecule has 1 saturated heterocycles. The maximum atomic E-state index is 6.46. The lowest BCUT2D eigenvalue weighted by Crippen LogP contribution is -2.42. The summed E-state index contributed by atoms with van der Waals surface area (Å²) in [6, 6.07) is 20.8. The summed E-state index contributed by atoms with van der Waals surface area (Å²) < 4.78 is 1.69. The number of nitrogens with one attached hydrogen (secondary N) is 2. The molecule has 4 aromatic rings. The molecular weight excluding hydrogens is 508 g/mol. The van der Waals surface area contributed by atoms with Crippen LogP contribution in [0.15, 0.2) is 54.6 Å². The summed E-state index contributed by atoms with van der Waals surface area (Å²) in [5.41, 5.74) is 15.2. The van der Waals surface area contributed by atoms with Crippen molar-refractivity contribution >= 4 is 23.3 Å². The van der Waals surface area contributed by atoms with Gasteiger partial charge in [-0.05, 0) is 86.3 Å². The van der Waals surface area contributed by atoms with E-state index in [1.165, 1.54) is 65.7 Å². The SMILES string of the molecule is Nc1nc(Nc2ccc3c(c2)CCC(NC2CCC2)CC3)nn1-c1cc(-c2ccccc2)c2c(n1)C1CCN2CC1. The number of nitrogens with two attached hydrogens (primary N) is 1. The number of fused-ring (bicyclic) bond motifs is 3. The fourth-order valence-corrected chi connectivity index (χ4v) is 7.22.